The molecule has 0 aromatic heterocycles. The number of hydrogen-bond acceptors (Lipinski definition) is 2. The molecular formula is C11H20N2O. The number of piperidine rings is 1. The first-order chi connectivity index (χ1) is 6.65. The van der Waals surface area contributed by atoms with Gasteiger partial charge in [0.2, 0.25) is 5.91 Å². The molecule has 1 fully saturated rings. The average Bonchev–Trinajstić information content (AvgIpc) is 2.18. The van der Waals surface area contributed by atoms with Crippen molar-refractivity contribution in [3.63, 3.8) is 0 Å². The van der Waals surface area contributed by atoms with Gasteiger partial charge in [-0.3, -0.25) is 9.69 Å². The second kappa shape index (κ2) is 5.15. The molecular weight excluding hydrogens is 176 g/mol. The molecule has 1 saturated heterocycles. The molecule has 1 heterocycles. The molecule has 1 aliphatic heterocycles. The molecule has 1 amide bonds. The van der Waals surface area contributed by atoms with Gasteiger partial charge >= 0.3 is 0 Å². The molecule has 0 aliphatic carbocycles. The van der Waals surface area contributed by atoms with Crippen LogP contribution in [0.25, 0.3) is 0 Å². The zero-order chi connectivity index (χ0) is 10.6. The van der Waals surface area contributed by atoms with E-state index in [1.165, 1.54) is 0 Å². The third-order valence-electron chi connectivity index (χ3n) is 2.76. The van der Waals surface area contributed by atoms with Gasteiger partial charge in [-0.1, -0.05) is 6.08 Å². The van der Waals surface area contributed by atoms with Gasteiger partial charge < -0.3 is 4.90 Å². The summed E-state index contributed by atoms with van der Waals surface area (Å²) < 4.78 is 0. The minimum Gasteiger partial charge on any atom is -0.349 e. The lowest BCUT2D eigenvalue weighted by atomic mass is 9.95. The van der Waals surface area contributed by atoms with Gasteiger partial charge in [0, 0.05) is 26.6 Å². The molecule has 14 heavy (non-hydrogen) atoms. The minimum atomic E-state index is 0.242. The Morgan fingerprint density at radius 3 is 2.50 bits per heavy atom. The summed E-state index contributed by atoms with van der Waals surface area (Å²) in [5.41, 5.74) is 0. The second-order valence-electron chi connectivity index (χ2n) is 4.10. The van der Waals surface area contributed by atoms with Crippen LogP contribution in [-0.2, 0) is 4.79 Å². The molecule has 0 aromatic rings. The lowest BCUT2D eigenvalue weighted by Gasteiger charge is -2.31. The van der Waals surface area contributed by atoms with Crippen molar-refractivity contribution >= 4 is 5.91 Å². The van der Waals surface area contributed by atoms with Crippen LogP contribution in [-0.4, -0.2) is 49.4 Å². The monoisotopic (exact) mass is 196 g/mol. The highest BCUT2D eigenvalue weighted by Gasteiger charge is 2.25. The van der Waals surface area contributed by atoms with Crippen molar-refractivity contribution in [1.29, 1.82) is 0 Å². The quantitative estimate of drug-likeness (QED) is 0.628. The van der Waals surface area contributed by atoms with Gasteiger partial charge in [-0.25, -0.2) is 0 Å². The van der Waals surface area contributed by atoms with Crippen molar-refractivity contribution in [2.75, 3.05) is 33.7 Å². The number of rotatable bonds is 3. The Labute approximate surface area is 86.4 Å². The smallest absolute Gasteiger partial charge is 0.225 e. The van der Waals surface area contributed by atoms with E-state index >= 15 is 0 Å². The third-order valence-corrected chi connectivity index (χ3v) is 2.76. The second-order valence-corrected chi connectivity index (χ2v) is 4.10. The predicted molar refractivity (Wildman–Crippen MR) is 58.1 cm³/mol. The molecule has 80 valence electrons. The van der Waals surface area contributed by atoms with Crippen molar-refractivity contribution < 1.29 is 4.79 Å². The van der Waals surface area contributed by atoms with Crippen LogP contribution in [0.5, 0.6) is 0 Å². The first-order valence-electron chi connectivity index (χ1n) is 5.19. The molecule has 3 nitrogen and oxygen atoms in total. The number of carbonyl (C=O) groups is 1. The van der Waals surface area contributed by atoms with Crippen molar-refractivity contribution in [3.05, 3.63) is 12.7 Å². The van der Waals surface area contributed by atoms with E-state index in [0.717, 1.165) is 32.5 Å². The maximum atomic E-state index is 11.6. The van der Waals surface area contributed by atoms with Gasteiger partial charge in [0.15, 0.2) is 0 Å². The number of hydrogen-bond donors (Lipinski definition) is 0. The van der Waals surface area contributed by atoms with Gasteiger partial charge in [-0.15, -0.1) is 6.58 Å². The standard InChI is InChI=1S/C11H20N2O/c1-4-7-13-8-5-10(6-9-13)11(14)12(2)3/h4,10H,1,5-9H2,2-3H3. The lowest BCUT2D eigenvalue weighted by molar-refractivity contribution is -0.134. The van der Waals surface area contributed by atoms with Gasteiger partial charge in [-0.05, 0) is 25.9 Å². The highest BCUT2D eigenvalue weighted by Crippen LogP contribution is 2.18. The number of amides is 1. The van der Waals surface area contributed by atoms with E-state index in [0.29, 0.717) is 0 Å². The minimum absolute atomic E-state index is 0.242. The van der Waals surface area contributed by atoms with E-state index in [-0.39, 0.29) is 11.8 Å². The Morgan fingerprint density at radius 2 is 2.07 bits per heavy atom. The molecule has 0 bridgehead atoms. The Balaban J connectivity index is 2.35. The van der Waals surface area contributed by atoms with Crippen molar-refractivity contribution in [3.8, 4) is 0 Å². The zero-order valence-electron chi connectivity index (χ0n) is 9.20. The van der Waals surface area contributed by atoms with Crippen LogP contribution in [0.4, 0.5) is 0 Å². The van der Waals surface area contributed by atoms with E-state index in [2.05, 4.69) is 11.5 Å². The molecule has 0 unspecified atom stereocenters. The fourth-order valence-corrected chi connectivity index (χ4v) is 1.91. The van der Waals surface area contributed by atoms with Crippen LogP contribution < -0.4 is 0 Å². The van der Waals surface area contributed by atoms with Gasteiger partial charge in [0.05, 0.1) is 0 Å². The summed E-state index contributed by atoms with van der Waals surface area (Å²) in [5, 5.41) is 0. The number of likely N-dealkylation sites (tertiary alicyclic amines) is 1. The largest absolute Gasteiger partial charge is 0.349 e. The predicted octanol–water partition coefficient (Wildman–Crippen LogP) is 0.973. The van der Waals surface area contributed by atoms with Crippen molar-refractivity contribution in [2.24, 2.45) is 5.92 Å². The van der Waals surface area contributed by atoms with Crippen molar-refractivity contribution in [1.82, 2.24) is 9.80 Å². The first-order valence-corrected chi connectivity index (χ1v) is 5.19. The maximum Gasteiger partial charge on any atom is 0.225 e. The Bertz CT molecular complexity index is 205. The van der Waals surface area contributed by atoms with Crippen molar-refractivity contribution in [2.45, 2.75) is 12.8 Å². The number of carbonyl (C=O) groups excluding carboxylic acids is 1. The van der Waals surface area contributed by atoms with Gasteiger partial charge in [-0.2, -0.15) is 0 Å². The van der Waals surface area contributed by atoms with E-state index in [1.54, 1.807) is 4.90 Å². The van der Waals surface area contributed by atoms with Crippen LogP contribution in [0.3, 0.4) is 0 Å². The molecule has 0 saturated carbocycles. The fourth-order valence-electron chi connectivity index (χ4n) is 1.91. The van der Waals surface area contributed by atoms with E-state index in [9.17, 15) is 4.79 Å². The van der Waals surface area contributed by atoms with Crippen LogP contribution in [0, 0.1) is 5.92 Å². The van der Waals surface area contributed by atoms with Crippen LogP contribution in [0.1, 0.15) is 12.8 Å². The summed E-state index contributed by atoms with van der Waals surface area (Å²) in [4.78, 5) is 15.7. The van der Waals surface area contributed by atoms with Crippen LogP contribution in [0.2, 0.25) is 0 Å². The zero-order valence-corrected chi connectivity index (χ0v) is 9.20. The molecule has 0 atom stereocenters. The lowest BCUT2D eigenvalue weighted by Crippen LogP contribution is -2.40. The molecule has 0 spiro atoms. The normalized spacial score (nSPS) is 19.3. The summed E-state index contributed by atoms with van der Waals surface area (Å²) in [7, 11) is 3.66. The highest BCUT2D eigenvalue weighted by molar-refractivity contribution is 5.78. The molecule has 1 rings (SSSR count). The van der Waals surface area contributed by atoms with E-state index in [1.807, 2.05) is 20.2 Å². The molecule has 0 radical (unpaired) electrons. The summed E-state index contributed by atoms with van der Waals surface area (Å²) >= 11 is 0. The summed E-state index contributed by atoms with van der Waals surface area (Å²) in [5.74, 6) is 0.523. The number of nitrogens with zero attached hydrogens (tertiary/aromatic N) is 2. The summed E-state index contributed by atoms with van der Waals surface area (Å²) in [6.45, 7) is 6.72. The van der Waals surface area contributed by atoms with E-state index in [4.69, 9.17) is 0 Å². The molecule has 0 aromatic carbocycles. The summed E-state index contributed by atoms with van der Waals surface area (Å²) in [6.07, 6.45) is 3.91. The highest BCUT2D eigenvalue weighted by atomic mass is 16.2. The SMILES string of the molecule is C=CCN1CCC(C(=O)N(C)C)CC1. The topological polar surface area (TPSA) is 23.6 Å². The Hall–Kier alpha value is -0.830. The fraction of sp³-hybridized carbons (Fsp3) is 0.727. The van der Waals surface area contributed by atoms with Crippen LogP contribution in [0.15, 0.2) is 12.7 Å². The summed E-state index contributed by atoms with van der Waals surface area (Å²) in [6, 6.07) is 0. The maximum absolute atomic E-state index is 11.6. The Morgan fingerprint density at radius 1 is 1.50 bits per heavy atom. The van der Waals surface area contributed by atoms with Crippen LogP contribution >= 0.6 is 0 Å². The Kier molecular flexibility index (Phi) is 4.14. The molecule has 3 heteroatoms. The first kappa shape index (κ1) is 11.2. The van der Waals surface area contributed by atoms with E-state index < -0.39 is 0 Å². The van der Waals surface area contributed by atoms with Gasteiger partial charge in [0.1, 0.15) is 0 Å². The van der Waals surface area contributed by atoms with Gasteiger partial charge in [0.25, 0.3) is 0 Å². The third kappa shape index (κ3) is 2.84. The molecule has 0 N–H and O–H groups in total. The average molecular weight is 196 g/mol. The molecule has 1 aliphatic rings.